The molecule has 1 heterocycles. The molecular weight excluding hydrogens is 224 g/mol. The van der Waals surface area contributed by atoms with Gasteiger partial charge in [0.2, 0.25) is 0 Å². The number of nitrogens with zero attached hydrogens (tertiary/aromatic N) is 1. The predicted octanol–water partition coefficient (Wildman–Crippen LogP) is 2.18. The normalized spacial score (nSPS) is 17.6. The third-order valence-corrected chi connectivity index (χ3v) is 3.43. The minimum absolute atomic E-state index is 0.257. The number of fused-ring (bicyclic) bond motifs is 1. The monoisotopic (exact) mass is 240 g/mol. The summed E-state index contributed by atoms with van der Waals surface area (Å²) in [6, 6.07) is 10.4. The number of nitrogens with two attached hydrogens (primary N) is 1. The molecular formula is C15H16N2O. The van der Waals surface area contributed by atoms with Crippen LogP contribution in [0.5, 0.6) is 5.75 Å². The summed E-state index contributed by atoms with van der Waals surface area (Å²) in [5.74, 6) is 0.863. The van der Waals surface area contributed by atoms with Crippen LogP contribution in [0, 0.1) is 0 Å². The van der Waals surface area contributed by atoms with E-state index in [1.165, 1.54) is 11.1 Å². The number of benzene rings is 1. The summed E-state index contributed by atoms with van der Waals surface area (Å²) in [5, 5.41) is 0. The van der Waals surface area contributed by atoms with Gasteiger partial charge in [0.05, 0.1) is 12.8 Å². The predicted molar refractivity (Wildman–Crippen MR) is 71.6 cm³/mol. The summed E-state index contributed by atoms with van der Waals surface area (Å²) in [6.07, 6.45) is 3.87. The lowest BCUT2D eigenvalue weighted by molar-refractivity contribution is 0.415. The fraction of sp³-hybridized carbons (Fsp3) is 0.267. The van der Waals surface area contributed by atoms with Crippen LogP contribution in [0.25, 0.3) is 11.3 Å². The molecule has 1 aliphatic rings. The lowest BCUT2D eigenvalue weighted by Gasteiger charge is -2.05. The average molecular weight is 240 g/mol. The van der Waals surface area contributed by atoms with Crippen LogP contribution < -0.4 is 10.5 Å². The highest BCUT2D eigenvalue weighted by atomic mass is 16.5. The van der Waals surface area contributed by atoms with Gasteiger partial charge in [-0.2, -0.15) is 0 Å². The lowest BCUT2D eigenvalue weighted by atomic mass is 10.1. The Morgan fingerprint density at radius 3 is 2.61 bits per heavy atom. The number of ether oxygens (including phenoxy) is 1. The highest BCUT2D eigenvalue weighted by Gasteiger charge is 2.18. The average Bonchev–Trinajstić information content (AvgIpc) is 2.78. The van der Waals surface area contributed by atoms with E-state index >= 15 is 0 Å². The molecule has 18 heavy (non-hydrogen) atoms. The maximum absolute atomic E-state index is 5.97. The Hall–Kier alpha value is -1.87. The zero-order valence-corrected chi connectivity index (χ0v) is 10.4. The Morgan fingerprint density at radius 2 is 1.89 bits per heavy atom. The summed E-state index contributed by atoms with van der Waals surface area (Å²) in [4.78, 5) is 4.51. The molecule has 0 amide bonds. The topological polar surface area (TPSA) is 48.1 Å². The second-order valence-corrected chi connectivity index (χ2v) is 4.74. The highest BCUT2D eigenvalue weighted by molar-refractivity contribution is 5.61. The van der Waals surface area contributed by atoms with E-state index in [-0.39, 0.29) is 6.04 Å². The minimum atomic E-state index is 0.257. The van der Waals surface area contributed by atoms with Crippen LogP contribution in [0.15, 0.2) is 36.5 Å². The molecule has 1 unspecified atom stereocenters. The number of hydrogen-bond acceptors (Lipinski definition) is 3. The molecule has 3 nitrogen and oxygen atoms in total. The van der Waals surface area contributed by atoms with Crippen LogP contribution in [-0.2, 0) is 12.8 Å². The van der Waals surface area contributed by atoms with E-state index in [0.717, 1.165) is 29.8 Å². The fourth-order valence-electron chi connectivity index (χ4n) is 2.46. The standard InChI is InChI=1S/C15H16N2O/c1-18-14-4-2-10(3-5-14)15-8-11-6-13(16)7-12(11)9-17-15/h2-5,8-9,13H,6-7,16H2,1H3. The molecule has 2 aromatic rings. The molecule has 92 valence electrons. The number of pyridine rings is 1. The maximum atomic E-state index is 5.97. The third-order valence-electron chi connectivity index (χ3n) is 3.43. The van der Waals surface area contributed by atoms with Gasteiger partial charge in [0.25, 0.3) is 0 Å². The van der Waals surface area contributed by atoms with Gasteiger partial charge in [0.1, 0.15) is 5.75 Å². The summed E-state index contributed by atoms with van der Waals surface area (Å²) >= 11 is 0. The molecule has 3 heteroatoms. The lowest BCUT2D eigenvalue weighted by Crippen LogP contribution is -2.18. The van der Waals surface area contributed by atoms with Crippen LogP contribution in [0.4, 0.5) is 0 Å². The van der Waals surface area contributed by atoms with Gasteiger partial charge in [-0.15, -0.1) is 0 Å². The van der Waals surface area contributed by atoms with E-state index in [4.69, 9.17) is 10.5 Å². The zero-order valence-electron chi connectivity index (χ0n) is 10.4. The van der Waals surface area contributed by atoms with E-state index in [2.05, 4.69) is 11.1 Å². The van der Waals surface area contributed by atoms with Crippen LogP contribution in [0.1, 0.15) is 11.1 Å². The van der Waals surface area contributed by atoms with Crippen molar-refractivity contribution in [3.05, 3.63) is 47.7 Å². The van der Waals surface area contributed by atoms with Gasteiger partial charge in [-0.25, -0.2) is 0 Å². The second-order valence-electron chi connectivity index (χ2n) is 4.74. The SMILES string of the molecule is COc1ccc(-c2cc3c(cn2)CC(N)C3)cc1. The first-order valence-corrected chi connectivity index (χ1v) is 6.14. The quantitative estimate of drug-likeness (QED) is 0.875. The van der Waals surface area contributed by atoms with Gasteiger partial charge in [-0.05, 0) is 54.3 Å². The molecule has 0 aliphatic heterocycles. The summed E-state index contributed by atoms with van der Waals surface area (Å²) in [7, 11) is 1.67. The first-order valence-electron chi connectivity index (χ1n) is 6.14. The largest absolute Gasteiger partial charge is 0.497 e. The van der Waals surface area contributed by atoms with Crippen molar-refractivity contribution in [3.8, 4) is 17.0 Å². The van der Waals surface area contributed by atoms with Crippen LogP contribution in [0.3, 0.4) is 0 Å². The van der Waals surface area contributed by atoms with Crippen molar-refractivity contribution in [3.63, 3.8) is 0 Å². The number of methoxy groups -OCH3 is 1. The number of aromatic nitrogens is 1. The van der Waals surface area contributed by atoms with E-state index in [0.29, 0.717) is 0 Å². The molecule has 0 saturated carbocycles. The zero-order chi connectivity index (χ0) is 12.5. The first-order chi connectivity index (χ1) is 8.76. The van der Waals surface area contributed by atoms with Gasteiger partial charge in [0.15, 0.2) is 0 Å². The Kier molecular flexibility index (Phi) is 2.76. The Bertz CT molecular complexity index is 563. The van der Waals surface area contributed by atoms with Gasteiger partial charge in [-0.3, -0.25) is 4.98 Å². The maximum Gasteiger partial charge on any atom is 0.118 e. The van der Waals surface area contributed by atoms with E-state index in [1.54, 1.807) is 7.11 Å². The molecule has 0 bridgehead atoms. The molecule has 0 fully saturated rings. The van der Waals surface area contributed by atoms with Crippen molar-refractivity contribution < 1.29 is 4.74 Å². The van der Waals surface area contributed by atoms with Gasteiger partial charge >= 0.3 is 0 Å². The Labute approximate surface area is 107 Å². The Morgan fingerprint density at radius 1 is 1.17 bits per heavy atom. The van der Waals surface area contributed by atoms with Crippen molar-refractivity contribution in [2.45, 2.75) is 18.9 Å². The minimum Gasteiger partial charge on any atom is -0.497 e. The van der Waals surface area contributed by atoms with Crippen molar-refractivity contribution in [2.24, 2.45) is 5.73 Å². The molecule has 3 rings (SSSR count). The molecule has 1 aliphatic carbocycles. The van der Waals surface area contributed by atoms with Crippen molar-refractivity contribution in [1.29, 1.82) is 0 Å². The van der Waals surface area contributed by atoms with Crippen LogP contribution in [0.2, 0.25) is 0 Å². The first kappa shape index (κ1) is 11.2. The summed E-state index contributed by atoms with van der Waals surface area (Å²) < 4.78 is 5.16. The molecule has 0 saturated heterocycles. The number of rotatable bonds is 2. The van der Waals surface area contributed by atoms with Gasteiger partial charge < -0.3 is 10.5 Å². The molecule has 0 radical (unpaired) electrons. The molecule has 1 aromatic carbocycles. The second kappa shape index (κ2) is 4.42. The van der Waals surface area contributed by atoms with Crippen LogP contribution in [-0.4, -0.2) is 18.1 Å². The molecule has 1 aromatic heterocycles. The van der Waals surface area contributed by atoms with E-state index in [9.17, 15) is 0 Å². The molecule has 0 spiro atoms. The molecule has 1 atom stereocenters. The van der Waals surface area contributed by atoms with Crippen molar-refractivity contribution >= 4 is 0 Å². The third kappa shape index (κ3) is 1.97. The Balaban J connectivity index is 1.95. The van der Waals surface area contributed by atoms with E-state index in [1.807, 2.05) is 30.5 Å². The van der Waals surface area contributed by atoms with Gasteiger partial charge in [-0.1, -0.05) is 0 Å². The van der Waals surface area contributed by atoms with Gasteiger partial charge in [0, 0.05) is 17.8 Å². The number of hydrogen-bond donors (Lipinski definition) is 1. The smallest absolute Gasteiger partial charge is 0.118 e. The van der Waals surface area contributed by atoms with Crippen molar-refractivity contribution in [1.82, 2.24) is 4.98 Å². The summed E-state index contributed by atoms with van der Waals surface area (Å²) in [6.45, 7) is 0. The summed E-state index contributed by atoms with van der Waals surface area (Å²) in [5.41, 5.74) is 10.7. The van der Waals surface area contributed by atoms with E-state index < -0.39 is 0 Å². The fourth-order valence-corrected chi connectivity index (χ4v) is 2.46. The molecule has 2 N–H and O–H groups in total. The van der Waals surface area contributed by atoms with Crippen molar-refractivity contribution in [2.75, 3.05) is 7.11 Å². The highest BCUT2D eigenvalue weighted by Crippen LogP contribution is 2.26. The van der Waals surface area contributed by atoms with Crippen LogP contribution >= 0.6 is 0 Å².